The molecule has 0 aliphatic heterocycles. The van der Waals surface area contributed by atoms with E-state index >= 15 is 0 Å². The molecule has 0 atom stereocenters. The molecule has 4 nitrogen and oxygen atoms in total. The predicted octanol–water partition coefficient (Wildman–Crippen LogP) is 4.06. The van der Waals surface area contributed by atoms with E-state index in [9.17, 15) is 9.18 Å². The molecule has 1 N–H and O–H groups in total. The van der Waals surface area contributed by atoms with E-state index in [0.717, 1.165) is 5.69 Å². The third-order valence-corrected chi connectivity index (χ3v) is 3.87. The van der Waals surface area contributed by atoms with Crippen LogP contribution in [0.15, 0.2) is 40.9 Å². The minimum Gasteiger partial charge on any atom is -0.497 e. The van der Waals surface area contributed by atoms with Gasteiger partial charge in [-0.25, -0.2) is 9.18 Å². The summed E-state index contributed by atoms with van der Waals surface area (Å²) in [6.45, 7) is 0. The van der Waals surface area contributed by atoms with Crippen LogP contribution in [-0.4, -0.2) is 25.2 Å². The Bertz CT molecular complexity index is 691. The van der Waals surface area contributed by atoms with Crippen molar-refractivity contribution in [3.05, 3.63) is 52.3 Å². The van der Waals surface area contributed by atoms with Crippen molar-refractivity contribution in [3.63, 3.8) is 0 Å². The largest absolute Gasteiger partial charge is 0.497 e. The molecule has 0 aromatic heterocycles. The Labute approximate surface area is 129 Å². The Kier molecular flexibility index (Phi) is 4.47. The minimum atomic E-state index is -1.18. The van der Waals surface area contributed by atoms with Crippen LogP contribution in [0.5, 0.6) is 5.75 Å². The summed E-state index contributed by atoms with van der Waals surface area (Å²) in [5.41, 5.74) is 0.874. The first kappa shape index (κ1) is 15.3. The lowest BCUT2D eigenvalue weighted by Gasteiger charge is -2.21. The summed E-state index contributed by atoms with van der Waals surface area (Å²) >= 11 is 2.99. The van der Waals surface area contributed by atoms with Crippen LogP contribution in [0.1, 0.15) is 10.4 Å². The van der Waals surface area contributed by atoms with Gasteiger partial charge in [0.25, 0.3) is 0 Å². The topological polar surface area (TPSA) is 49.8 Å². The van der Waals surface area contributed by atoms with Crippen molar-refractivity contribution in [1.29, 1.82) is 0 Å². The van der Waals surface area contributed by atoms with Crippen LogP contribution in [0.25, 0.3) is 0 Å². The maximum Gasteiger partial charge on any atom is 0.336 e. The number of benzene rings is 2. The van der Waals surface area contributed by atoms with Gasteiger partial charge in [-0.05, 0) is 40.2 Å². The van der Waals surface area contributed by atoms with Gasteiger partial charge in [-0.15, -0.1) is 0 Å². The van der Waals surface area contributed by atoms with Crippen molar-refractivity contribution in [2.24, 2.45) is 0 Å². The van der Waals surface area contributed by atoms with Crippen LogP contribution in [-0.2, 0) is 0 Å². The molecule has 0 heterocycles. The molecule has 0 amide bonds. The second-order valence-corrected chi connectivity index (χ2v) is 5.12. The summed E-state index contributed by atoms with van der Waals surface area (Å²) in [5, 5.41) is 8.98. The Hall–Kier alpha value is -2.08. The van der Waals surface area contributed by atoms with Gasteiger partial charge >= 0.3 is 5.97 Å². The third kappa shape index (κ3) is 3.00. The highest BCUT2D eigenvalue weighted by molar-refractivity contribution is 9.10. The fourth-order valence-corrected chi connectivity index (χ4v) is 2.43. The van der Waals surface area contributed by atoms with Crippen molar-refractivity contribution >= 4 is 33.3 Å². The number of anilines is 2. The summed E-state index contributed by atoms with van der Waals surface area (Å²) in [4.78, 5) is 12.6. The number of ether oxygens (including phenoxy) is 1. The second-order valence-electron chi connectivity index (χ2n) is 4.33. The fourth-order valence-electron chi connectivity index (χ4n) is 1.92. The van der Waals surface area contributed by atoms with Gasteiger partial charge in [-0.2, -0.15) is 0 Å². The van der Waals surface area contributed by atoms with E-state index in [1.54, 1.807) is 43.3 Å². The molecular formula is C15H13BrFNO3. The molecular weight excluding hydrogens is 341 g/mol. The first-order valence-electron chi connectivity index (χ1n) is 6.04. The molecule has 0 aliphatic carbocycles. The van der Waals surface area contributed by atoms with E-state index in [0.29, 0.717) is 5.75 Å². The molecule has 6 heteroatoms. The SMILES string of the molecule is COc1cccc(N(C)c2ccc(C(=O)O)c(Br)c2F)c1. The number of methoxy groups -OCH3 is 1. The number of carboxylic acids is 1. The number of carbonyl (C=O) groups is 1. The van der Waals surface area contributed by atoms with Gasteiger partial charge in [-0.3, -0.25) is 0 Å². The molecule has 0 saturated heterocycles. The molecule has 0 spiro atoms. The Morgan fingerprint density at radius 2 is 2.05 bits per heavy atom. The van der Waals surface area contributed by atoms with Gasteiger partial charge < -0.3 is 14.7 Å². The van der Waals surface area contributed by atoms with E-state index in [2.05, 4.69) is 15.9 Å². The summed E-state index contributed by atoms with van der Waals surface area (Å²) in [7, 11) is 3.25. The predicted molar refractivity (Wildman–Crippen MR) is 82.1 cm³/mol. The van der Waals surface area contributed by atoms with Gasteiger partial charge in [0.2, 0.25) is 0 Å². The van der Waals surface area contributed by atoms with Gasteiger partial charge in [0.1, 0.15) is 5.75 Å². The van der Waals surface area contributed by atoms with Crippen LogP contribution in [0.2, 0.25) is 0 Å². The number of rotatable bonds is 4. The molecule has 0 radical (unpaired) electrons. The molecule has 0 saturated carbocycles. The second kappa shape index (κ2) is 6.13. The standard InChI is InChI=1S/C15H13BrFNO3/c1-18(9-4-3-5-10(8-9)21-2)12-7-6-11(15(19)20)13(16)14(12)17/h3-8H,1-2H3,(H,19,20). The summed E-state index contributed by atoms with van der Waals surface area (Å²) in [6, 6.07) is 9.95. The summed E-state index contributed by atoms with van der Waals surface area (Å²) in [5.74, 6) is -1.16. The van der Waals surface area contributed by atoms with E-state index in [4.69, 9.17) is 9.84 Å². The molecule has 21 heavy (non-hydrogen) atoms. The summed E-state index contributed by atoms with van der Waals surface area (Å²) < 4.78 is 19.4. The maximum atomic E-state index is 14.4. The smallest absolute Gasteiger partial charge is 0.336 e. The van der Waals surface area contributed by atoms with Crippen molar-refractivity contribution in [1.82, 2.24) is 0 Å². The Morgan fingerprint density at radius 1 is 1.33 bits per heavy atom. The average molecular weight is 354 g/mol. The lowest BCUT2D eigenvalue weighted by atomic mass is 10.1. The molecule has 110 valence electrons. The number of carboxylic acid groups (broad SMARTS) is 1. The number of nitrogens with zero attached hydrogens (tertiary/aromatic N) is 1. The van der Waals surface area contributed by atoms with Crippen molar-refractivity contribution in [2.45, 2.75) is 0 Å². The van der Waals surface area contributed by atoms with E-state index in [1.165, 1.54) is 12.1 Å². The number of hydrogen-bond acceptors (Lipinski definition) is 3. The molecule has 2 aromatic rings. The van der Waals surface area contributed by atoms with Crippen LogP contribution in [0.4, 0.5) is 15.8 Å². The number of aromatic carboxylic acids is 1. The zero-order valence-electron chi connectivity index (χ0n) is 11.4. The number of hydrogen-bond donors (Lipinski definition) is 1. The van der Waals surface area contributed by atoms with Gasteiger partial charge in [0.05, 0.1) is 22.8 Å². The molecule has 0 aliphatic rings. The summed E-state index contributed by atoms with van der Waals surface area (Å²) in [6.07, 6.45) is 0. The maximum absolute atomic E-state index is 14.4. The molecule has 0 fully saturated rings. The van der Waals surface area contributed by atoms with Crippen LogP contribution in [0, 0.1) is 5.82 Å². The minimum absolute atomic E-state index is 0.0674. The van der Waals surface area contributed by atoms with E-state index in [-0.39, 0.29) is 15.7 Å². The van der Waals surface area contributed by atoms with Gasteiger partial charge in [0.15, 0.2) is 5.82 Å². The first-order chi connectivity index (χ1) is 9.95. The highest BCUT2D eigenvalue weighted by Crippen LogP contribution is 2.33. The normalized spacial score (nSPS) is 10.3. The monoisotopic (exact) mass is 353 g/mol. The quantitative estimate of drug-likeness (QED) is 0.900. The Morgan fingerprint density at radius 3 is 2.67 bits per heavy atom. The lowest BCUT2D eigenvalue weighted by molar-refractivity contribution is 0.0695. The van der Waals surface area contributed by atoms with Crippen LogP contribution < -0.4 is 9.64 Å². The first-order valence-corrected chi connectivity index (χ1v) is 6.84. The molecule has 2 rings (SSSR count). The van der Waals surface area contributed by atoms with Crippen LogP contribution >= 0.6 is 15.9 Å². The van der Waals surface area contributed by atoms with Gasteiger partial charge in [0, 0.05) is 18.8 Å². The van der Waals surface area contributed by atoms with Crippen molar-refractivity contribution < 1.29 is 19.0 Å². The molecule has 2 aromatic carbocycles. The zero-order valence-corrected chi connectivity index (χ0v) is 13.0. The van der Waals surface area contributed by atoms with Crippen LogP contribution in [0.3, 0.4) is 0 Å². The molecule has 0 bridgehead atoms. The van der Waals surface area contributed by atoms with E-state index < -0.39 is 11.8 Å². The highest BCUT2D eigenvalue weighted by atomic mass is 79.9. The van der Waals surface area contributed by atoms with E-state index in [1.807, 2.05) is 0 Å². The third-order valence-electron chi connectivity index (χ3n) is 3.09. The highest BCUT2D eigenvalue weighted by Gasteiger charge is 2.18. The average Bonchev–Trinajstić information content (AvgIpc) is 2.49. The number of halogens is 2. The fraction of sp³-hybridized carbons (Fsp3) is 0.133. The lowest BCUT2D eigenvalue weighted by Crippen LogP contribution is -2.13. The molecule has 0 unspecified atom stereocenters. The zero-order chi connectivity index (χ0) is 15.6. The van der Waals surface area contributed by atoms with Crippen molar-refractivity contribution in [2.75, 3.05) is 19.1 Å². The Balaban J connectivity index is 2.46. The van der Waals surface area contributed by atoms with Gasteiger partial charge in [-0.1, -0.05) is 6.07 Å². The van der Waals surface area contributed by atoms with Crippen molar-refractivity contribution in [3.8, 4) is 5.75 Å².